The van der Waals surface area contributed by atoms with E-state index in [1.54, 1.807) is 48.5 Å². The number of carbonyl (C=O) groups is 1. The molecule has 3 aromatic carbocycles. The second-order valence-electron chi connectivity index (χ2n) is 8.28. The molecule has 3 rings (SSSR count). The largest absolute Gasteiger partial charge is 0.494 e. The molecule has 1 N–H and O–H groups in total. The minimum atomic E-state index is -4.02. The highest BCUT2D eigenvalue weighted by atomic mass is 32.2. The first-order valence-electron chi connectivity index (χ1n) is 11.6. The molecule has 0 unspecified atom stereocenters. The average Bonchev–Trinajstić information content (AvgIpc) is 2.84. The zero-order valence-electron chi connectivity index (χ0n) is 20.8. The Morgan fingerprint density at radius 2 is 1.58 bits per heavy atom. The molecule has 0 heterocycles. The van der Waals surface area contributed by atoms with Gasteiger partial charge in [-0.3, -0.25) is 9.10 Å². The number of nitrogens with zero attached hydrogens (tertiary/aromatic N) is 2. The van der Waals surface area contributed by atoms with Gasteiger partial charge in [-0.2, -0.15) is 5.10 Å². The van der Waals surface area contributed by atoms with Gasteiger partial charge in [0, 0.05) is 0 Å². The van der Waals surface area contributed by atoms with E-state index in [9.17, 15) is 13.2 Å². The molecule has 0 saturated carbocycles. The lowest BCUT2D eigenvalue weighted by Crippen LogP contribution is -2.39. The van der Waals surface area contributed by atoms with Crippen molar-refractivity contribution in [2.75, 3.05) is 17.5 Å². The summed E-state index contributed by atoms with van der Waals surface area (Å²) >= 11 is 0. The summed E-state index contributed by atoms with van der Waals surface area (Å²) < 4.78 is 39.0. The smallest absolute Gasteiger partial charge is 0.264 e. The normalized spacial score (nSPS) is 11.5. The summed E-state index contributed by atoms with van der Waals surface area (Å²) in [6.45, 7) is 7.65. The Kier molecular flexibility index (Phi) is 9.08. The monoisotopic (exact) mass is 509 g/mol. The van der Waals surface area contributed by atoms with Crippen LogP contribution in [-0.2, 0) is 14.8 Å². The Balaban J connectivity index is 1.77. The summed E-state index contributed by atoms with van der Waals surface area (Å²) in [5.74, 6) is 0.752. The molecule has 190 valence electrons. The molecule has 1 amide bonds. The molecule has 0 spiro atoms. The number of nitrogens with one attached hydrogen (secondary N) is 1. The fraction of sp³-hybridized carbons (Fsp3) is 0.259. The summed E-state index contributed by atoms with van der Waals surface area (Å²) in [4.78, 5) is 12.8. The number of carbonyl (C=O) groups excluding carboxylic acids is 1. The molecule has 8 nitrogen and oxygen atoms in total. The topological polar surface area (TPSA) is 97.3 Å². The number of amides is 1. The van der Waals surface area contributed by atoms with E-state index >= 15 is 0 Å². The lowest BCUT2D eigenvalue weighted by Gasteiger charge is -2.24. The number of benzene rings is 3. The molecule has 0 fully saturated rings. The van der Waals surface area contributed by atoms with Crippen molar-refractivity contribution in [1.82, 2.24) is 5.43 Å². The molecule has 0 saturated heterocycles. The highest BCUT2D eigenvalue weighted by Crippen LogP contribution is 2.26. The van der Waals surface area contributed by atoms with Crippen molar-refractivity contribution in [3.05, 3.63) is 83.9 Å². The molecule has 0 aliphatic heterocycles. The van der Waals surface area contributed by atoms with Crippen LogP contribution in [0.25, 0.3) is 0 Å². The number of aryl methyl sites for hydroxylation is 1. The van der Waals surface area contributed by atoms with Gasteiger partial charge < -0.3 is 9.47 Å². The van der Waals surface area contributed by atoms with Crippen molar-refractivity contribution in [3.8, 4) is 11.5 Å². The van der Waals surface area contributed by atoms with Crippen LogP contribution in [0.15, 0.2) is 82.8 Å². The van der Waals surface area contributed by atoms with Crippen LogP contribution in [0.3, 0.4) is 0 Å². The molecule has 9 heteroatoms. The molecular weight excluding hydrogens is 478 g/mol. The average molecular weight is 510 g/mol. The Morgan fingerprint density at radius 1 is 0.972 bits per heavy atom. The molecular formula is C27H31N3O5S. The number of sulfonamides is 1. The van der Waals surface area contributed by atoms with Crippen molar-refractivity contribution < 1.29 is 22.7 Å². The fourth-order valence-electron chi connectivity index (χ4n) is 3.28. The van der Waals surface area contributed by atoms with Gasteiger partial charge in [-0.05, 0) is 93.9 Å². The van der Waals surface area contributed by atoms with E-state index in [4.69, 9.17) is 9.47 Å². The van der Waals surface area contributed by atoms with Gasteiger partial charge in [-0.15, -0.1) is 0 Å². The van der Waals surface area contributed by atoms with Crippen molar-refractivity contribution in [2.45, 2.75) is 38.7 Å². The van der Waals surface area contributed by atoms with E-state index < -0.39 is 22.5 Å². The zero-order valence-corrected chi connectivity index (χ0v) is 21.7. The van der Waals surface area contributed by atoms with Crippen LogP contribution >= 0.6 is 0 Å². The van der Waals surface area contributed by atoms with Crippen molar-refractivity contribution >= 4 is 27.8 Å². The Labute approximate surface area is 212 Å². The van der Waals surface area contributed by atoms with E-state index in [1.807, 2.05) is 39.8 Å². The van der Waals surface area contributed by atoms with E-state index in [0.717, 1.165) is 21.2 Å². The lowest BCUT2D eigenvalue weighted by atomic mass is 10.2. The third kappa shape index (κ3) is 7.32. The lowest BCUT2D eigenvalue weighted by molar-refractivity contribution is -0.119. The number of anilines is 1. The summed E-state index contributed by atoms with van der Waals surface area (Å²) in [7, 11) is -4.02. The van der Waals surface area contributed by atoms with Gasteiger partial charge in [0.15, 0.2) is 0 Å². The molecule has 3 aromatic rings. The van der Waals surface area contributed by atoms with E-state index in [2.05, 4.69) is 10.5 Å². The third-order valence-corrected chi connectivity index (χ3v) is 6.77. The van der Waals surface area contributed by atoms with Crippen LogP contribution in [0.1, 0.15) is 31.9 Å². The van der Waals surface area contributed by atoms with Crippen molar-refractivity contribution in [2.24, 2.45) is 5.10 Å². The third-order valence-electron chi connectivity index (χ3n) is 4.99. The predicted molar refractivity (Wildman–Crippen MR) is 141 cm³/mol. The van der Waals surface area contributed by atoms with E-state index in [1.165, 1.54) is 18.3 Å². The Bertz CT molecular complexity index is 1270. The van der Waals surface area contributed by atoms with Crippen LogP contribution in [0.2, 0.25) is 0 Å². The van der Waals surface area contributed by atoms with Gasteiger partial charge in [-0.1, -0.05) is 17.7 Å². The number of hydrazone groups is 1. The Hall–Kier alpha value is -3.85. The van der Waals surface area contributed by atoms with Gasteiger partial charge in [-0.25, -0.2) is 13.8 Å². The van der Waals surface area contributed by atoms with Crippen LogP contribution in [-0.4, -0.2) is 39.8 Å². The quantitative estimate of drug-likeness (QED) is 0.303. The van der Waals surface area contributed by atoms with Gasteiger partial charge in [0.1, 0.15) is 18.0 Å². The maximum absolute atomic E-state index is 13.5. The summed E-state index contributed by atoms with van der Waals surface area (Å²) in [5, 5.41) is 3.98. The molecule has 36 heavy (non-hydrogen) atoms. The van der Waals surface area contributed by atoms with Gasteiger partial charge in [0.25, 0.3) is 15.9 Å². The van der Waals surface area contributed by atoms with Gasteiger partial charge >= 0.3 is 0 Å². The van der Waals surface area contributed by atoms with Gasteiger partial charge in [0.05, 0.1) is 29.5 Å². The fourth-order valence-corrected chi connectivity index (χ4v) is 4.70. The summed E-state index contributed by atoms with van der Waals surface area (Å²) in [6, 6.07) is 20.2. The standard InChI is InChI=1S/C27H31N3O5S/c1-5-34-24-14-10-23(11-15-24)30(36(32,33)26-16-6-21(4)7-17-26)19-27(31)29-28-18-22-8-12-25(13-9-22)35-20(2)3/h6-18,20H,5,19H2,1-4H3,(H,29,31)/b28-18-. The SMILES string of the molecule is CCOc1ccc(N(CC(=O)N/N=C\c2ccc(OC(C)C)cc2)S(=O)(=O)c2ccc(C)cc2)cc1. The van der Waals surface area contributed by atoms with Gasteiger partial charge in [0.2, 0.25) is 0 Å². The maximum atomic E-state index is 13.5. The minimum absolute atomic E-state index is 0.0679. The molecule has 0 bridgehead atoms. The van der Waals surface area contributed by atoms with Crippen molar-refractivity contribution in [1.29, 1.82) is 0 Å². The maximum Gasteiger partial charge on any atom is 0.264 e. The Morgan fingerprint density at radius 3 is 2.17 bits per heavy atom. The number of hydrogen-bond donors (Lipinski definition) is 1. The highest BCUT2D eigenvalue weighted by molar-refractivity contribution is 7.92. The van der Waals surface area contributed by atoms with E-state index in [-0.39, 0.29) is 11.0 Å². The molecule has 0 atom stereocenters. The van der Waals surface area contributed by atoms with Crippen LogP contribution < -0.4 is 19.2 Å². The molecule has 0 aliphatic carbocycles. The van der Waals surface area contributed by atoms with Crippen molar-refractivity contribution in [3.63, 3.8) is 0 Å². The van der Waals surface area contributed by atoms with Crippen LogP contribution in [0.5, 0.6) is 11.5 Å². The molecule has 0 aliphatic rings. The molecule has 0 radical (unpaired) electrons. The molecule has 0 aromatic heterocycles. The minimum Gasteiger partial charge on any atom is -0.494 e. The van der Waals surface area contributed by atoms with Crippen LogP contribution in [0, 0.1) is 6.92 Å². The van der Waals surface area contributed by atoms with Crippen LogP contribution in [0.4, 0.5) is 5.69 Å². The first-order valence-corrected chi connectivity index (χ1v) is 13.0. The zero-order chi connectivity index (χ0) is 26.1. The first kappa shape index (κ1) is 26.7. The van der Waals surface area contributed by atoms with E-state index in [0.29, 0.717) is 18.0 Å². The number of rotatable bonds is 11. The second-order valence-corrected chi connectivity index (χ2v) is 10.1. The summed E-state index contributed by atoms with van der Waals surface area (Å²) in [5.41, 5.74) is 4.42. The first-order chi connectivity index (χ1) is 17.2. The number of hydrogen-bond acceptors (Lipinski definition) is 6. The number of ether oxygens (including phenoxy) is 2. The summed E-state index contributed by atoms with van der Waals surface area (Å²) in [6.07, 6.45) is 1.55. The highest BCUT2D eigenvalue weighted by Gasteiger charge is 2.27. The second kappa shape index (κ2) is 12.2. The predicted octanol–water partition coefficient (Wildman–Crippen LogP) is 4.53.